The fourth-order valence-electron chi connectivity index (χ4n) is 4.64. The molecule has 16 nitrogen and oxygen atoms in total. The van der Waals surface area contributed by atoms with E-state index in [2.05, 4.69) is 56.7 Å². The van der Waals surface area contributed by atoms with Gasteiger partial charge in [-0.15, -0.1) is 22.7 Å². The fourth-order valence-corrected chi connectivity index (χ4v) is 6.27. The third-order valence-electron chi connectivity index (χ3n) is 7.47. The van der Waals surface area contributed by atoms with E-state index in [1.807, 2.05) is 0 Å². The molecule has 6 aromatic rings. The molecule has 0 saturated heterocycles. The SMILES string of the molecule is NCCc1cnc(NC(=O)Nc2cccc(C(F)(F)F)c2)s1.O=C(C(=O)C(F)(F)F)C(F)(F)F.O=C(Nc1cccc(C(F)(F)F)c1)Nc1ncc(CCNc2ncnc3[nH]ncc23)s1. The number of anilines is 5. The highest BCUT2D eigenvalue weighted by atomic mass is 32.1. The van der Waals surface area contributed by atoms with Crippen molar-refractivity contribution in [1.29, 1.82) is 0 Å². The Morgan fingerprint density at radius 2 is 1.09 bits per heavy atom. The number of H-pyrrole nitrogens is 1. The van der Waals surface area contributed by atoms with Crippen molar-refractivity contribution in [1.82, 2.24) is 30.1 Å². The molecule has 0 atom stereocenters. The van der Waals surface area contributed by atoms with Gasteiger partial charge in [0.1, 0.15) is 12.1 Å². The molecule has 0 radical (unpaired) electrons. The van der Waals surface area contributed by atoms with Gasteiger partial charge in [-0.3, -0.25) is 25.3 Å². The molecular formula is C35H28F12N12O4S2. The Morgan fingerprint density at radius 1 is 0.615 bits per heavy atom. The first-order valence-corrected chi connectivity index (χ1v) is 19.2. The highest BCUT2D eigenvalue weighted by Gasteiger charge is 2.54. The van der Waals surface area contributed by atoms with Gasteiger partial charge in [0.25, 0.3) is 0 Å². The molecule has 30 heteroatoms. The first-order chi connectivity index (χ1) is 30.3. The Hall–Kier alpha value is -6.95. The standard InChI is InChI=1S/C18H15F3N8OS.C13H13F3N4OS.C4F6O2/c19-18(20,21)10-2-1-3-11(6-10)27-16(30)28-17-23-7-12(31-17)4-5-22-14-13-8-26-29-15(13)25-9-24-14;14-13(15,16)8-2-1-3-9(6-8)19-11(21)20-12-18-7-10(22-12)4-5-17;5-3(6,7)1(11)2(12)4(8,9)10/h1-3,6-9H,4-5H2,(H2,23,27,28,30)(H2,22,24,25,26,29);1-3,6-7H,4-5,17H2,(H2,18,19,20,21);. The van der Waals surface area contributed by atoms with Crippen LogP contribution in [-0.2, 0) is 34.8 Å². The minimum atomic E-state index is -5.77. The monoisotopic (exact) mass is 972 g/mol. The van der Waals surface area contributed by atoms with E-state index in [0.29, 0.717) is 47.7 Å². The van der Waals surface area contributed by atoms with Gasteiger partial charge in [-0.2, -0.15) is 57.8 Å². The van der Waals surface area contributed by atoms with Crippen LogP contribution in [0, 0.1) is 0 Å². The molecule has 0 spiro atoms. The summed E-state index contributed by atoms with van der Waals surface area (Å²) in [4.78, 5) is 61.2. The number of hydrogen-bond donors (Lipinski definition) is 7. The van der Waals surface area contributed by atoms with Crippen molar-refractivity contribution >= 4 is 84.8 Å². The molecule has 0 aliphatic rings. The fraction of sp³-hybridized carbons (Fsp3) is 0.229. The van der Waals surface area contributed by atoms with Crippen LogP contribution in [0.5, 0.6) is 0 Å². The van der Waals surface area contributed by atoms with Crippen molar-refractivity contribution < 1.29 is 71.9 Å². The number of aromatic nitrogens is 6. The van der Waals surface area contributed by atoms with E-state index in [9.17, 15) is 71.9 Å². The second kappa shape index (κ2) is 21.6. The second-order valence-electron chi connectivity index (χ2n) is 12.3. The van der Waals surface area contributed by atoms with Crippen LogP contribution in [0.15, 0.2) is 73.4 Å². The number of fused-ring (bicyclic) bond motifs is 1. The minimum Gasteiger partial charge on any atom is -0.369 e. The zero-order chi connectivity index (χ0) is 48.2. The molecule has 65 heavy (non-hydrogen) atoms. The van der Waals surface area contributed by atoms with Crippen LogP contribution in [0.1, 0.15) is 20.9 Å². The van der Waals surface area contributed by atoms with Crippen LogP contribution < -0.4 is 32.3 Å². The molecule has 0 aliphatic heterocycles. The zero-order valence-corrected chi connectivity index (χ0v) is 33.7. The Balaban J connectivity index is 0.000000237. The quantitative estimate of drug-likeness (QED) is 0.0479. The van der Waals surface area contributed by atoms with Crippen LogP contribution in [-0.4, -0.2) is 79.2 Å². The smallest absolute Gasteiger partial charge is 0.369 e. The van der Waals surface area contributed by atoms with Gasteiger partial charge in [0.05, 0.1) is 22.7 Å². The summed E-state index contributed by atoms with van der Waals surface area (Å²) in [5.74, 6) is -6.16. The maximum absolute atomic E-state index is 12.8. The van der Waals surface area contributed by atoms with Gasteiger partial charge in [-0.1, -0.05) is 12.1 Å². The Morgan fingerprint density at radius 3 is 1.54 bits per heavy atom. The number of nitrogens with zero attached hydrogens (tertiary/aromatic N) is 5. The van der Waals surface area contributed by atoms with Crippen molar-refractivity contribution in [2.24, 2.45) is 5.73 Å². The molecule has 0 aliphatic carbocycles. The highest BCUT2D eigenvalue weighted by molar-refractivity contribution is 7.16. The molecule has 0 fully saturated rings. The van der Waals surface area contributed by atoms with E-state index in [4.69, 9.17) is 5.73 Å². The molecule has 0 saturated carbocycles. The zero-order valence-electron chi connectivity index (χ0n) is 32.1. The summed E-state index contributed by atoms with van der Waals surface area (Å²) in [5.41, 5.74) is 4.45. The number of Topliss-reactive ketones (excluding diaryl/α,β-unsaturated/α-hetero) is 2. The van der Waals surface area contributed by atoms with Crippen LogP contribution >= 0.6 is 22.7 Å². The van der Waals surface area contributed by atoms with Crippen LogP contribution in [0.3, 0.4) is 0 Å². The topological polar surface area (TPSA) is 235 Å². The maximum Gasteiger partial charge on any atom is 0.458 e. The lowest BCUT2D eigenvalue weighted by molar-refractivity contribution is -0.193. The summed E-state index contributed by atoms with van der Waals surface area (Å²) < 4.78 is 143. The van der Waals surface area contributed by atoms with Gasteiger partial charge >= 0.3 is 48.3 Å². The first kappa shape index (κ1) is 50.7. The minimum absolute atomic E-state index is 0.0312. The number of alkyl halides is 12. The van der Waals surface area contributed by atoms with Crippen molar-refractivity contribution in [2.75, 3.05) is 39.7 Å². The summed E-state index contributed by atoms with van der Waals surface area (Å²) in [6, 6.07) is 7.45. The molecule has 0 unspecified atom stereocenters. The van der Waals surface area contributed by atoms with Gasteiger partial charge in [0.15, 0.2) is 15.9 Å². The van der Waals surface area contributed by atoms with Crippen LogP contribution in [0.4, 0.5) is 89.7 Å². The lowest BCUT2D eigenvalue weighted by Gasteiger charge is -2.09. The molecule has 4 amide bonds. The number of nitrogens with one attached hydrogen (secondary N) is 6. The third-order valence-corrected chi connectivity index (χ3v) is 9.41. The number of rotatable bonds is 11. The average molecular weight is 973 g/mol. The number of carbonyl (C=O) groups excluding carboxylic acids is 4. The van der Waals surface area contributed by atoms with E-state index in [0.717, 1.165) is 39.4 Å². The molecule has 2 aromatic carbocycles. The van der Waals surface area contributed by atoms with Gasteiger partial charge in [-0.25, -0.2) is 29.5 Å². The molecule has 4 heterocycles. The van der Waals surface area contributed by atoms with E-state index in [1.165, 1.54) is 53.3 Å². The summed E-state index contributed by atoms with van der Waals surface area (Å²) in [6.07, 6.45) is -12.9. The van der Waals surface area contributed by atoms with Crippen LogP contribution in [0.25, 0.3) is 11.0 Å². The first-order valence-electron chi connectivity index (χ1n) is 17.5. The van der Waals surface area contributed by atoms with Gasteiger partial charge in [0.2, 0.25) is 0 Å². The highest BCUT2D eigenvalue weighted by Crippen LogP contribution is 2.32. The maximum atomic E-state index is 12.8. The van der Waals surface area contributed by atoms with E-state index in [1.54, 1.807) is 18.6 Å². The summed E-state index contributed by atoms with van der Waals surface area (Å²) in [7, 11) is 0. The number of hydrogen-bond acceptors (Lipinski definition) is 13. The van der Waals surface area contributed by atoms with Gasteiger partial charge in [0, 0.05) is 46.5 Å². The molecular weight excluding hydrogens is 945 g/mol. The lowest BCUT2D eigenvalue weighted by atomic mass is 10.2. The predicted molar refractivity (Wildman–Crippen MR) is 211 cm³/mol. The van der Waals surface area contributed by atoms with Crippen molar-refractivity contribution in [3.63, 3.8) is 0 Å². The number of nitrogens with two attached hydrogens (primary N) is 1. The number of thiazole rings is 2. The van der Waals surface area contributed by atoms with Crippen molar-refractivity contribution in [2.45, 2.75) is 37.5 Å². The third kappa shape index (κ3) is 16.0. The summed E-state index contributed by atoms with van der Waals surface area (Å²) >= 11 is 2.53. The van der Waals surface area contributed by atoms with Gasteiger partial charge in [-0.05, 0) is 49.4 Å². The Kier molecular flexibility index (Phi) is 16.9. The molecule has 6 rings (SSSR count). The summed E-state index contributed by atoms with van der Waals surface area (Å²) in [5, 5.41) is 21.1. The van der Waals surface area contributed by atoms with Crippen LogP contribution in [0.2, 0.25) is 0 Å². The molecule has 4 aromatic heterocycles. The van der Waals surface area contributed by atoms with Crippen molar-refractivity contribution in [3.05, 3.63) is 94.3 Å². The Labute approximate surface area is 363 Å². The van der Waals surface area contributed by atoms with E-state index < -0.39 is 59.5 Å². The Bertz CT molecular complexity index is 2550. The number of aromatic amines is 1. The average Bonchev–Trinajstić information content (AvgIpc) is 3.99. The molecule has 348 valence electrons. The number of amides is 4. The summed E-state index contributed by atoms with van der Waals surface area (Å²) in [6.45, 7) is 1.04. The van der Waals surface area contributed by atoms with Gasteiger partial charge < -0.3 is 21.7 Å². The molecule has 8 N–H and O–H groups in total. The number of benzene rings is 2. The number of ketones is 2. The number of urea groups is 2. The largest absolute Gasteiger partial charge is 0.458 e. The normalized spacial score (nSPS) is 11.6. The van der Waals surface area contributed by atoms with E-state index >= 15 is 0 Å². The number of carbonyl (C=O) groups is 4. The predicted octanol–water partition coefficient (Wildman–Crippen LogP) is 8.68. The van der Waals surface area contributed by atoms with E-state index in [-0.39, 0.29) is 11.4 Å². The molecule has 0 bridgehead atoms. The number of halogens is 12. The van der Waals surface area contributed by atoms with Crippen molar-refractivity contribution in [3.8, 4) is 0 Å². The lowest BCUT2D eigenvalue weighted by Crippen LogP contribution is -2.39. The second-order valence-corrected chi connectivity index (χ2v) is 14.5.